The summed E-state index contributed by atoms with van der Waals surface area (Å²) < 4.78 is 31.5. The molecule has 0 aliphatic rings. The Hall–Kier alpha value is -0.960. The number of methoxy groups -OCH3 is 1. The van der Waals surface area contributed by atoms with Gasteiger partial charge >= 0.3 is 0 Å². The van der Waals surface area contributed by atoms with Crippen LogP contribution < -0.4 is 10.6 Å². The molecule has 0 saturated heterocycles. The molecule has 1 rings (SSSR count). The van der Waals surface area contributed by atoms with Crippen LogP contribution in [0.3, 0.4) is 0 Å². The molecule has 4 nitrogen and oxygen atoms in total. The molecule has 7 heteroatoms. The molecule has 0 spiro atoms. The van der Waals surface area contributed by atoms with Crippen molar-refractivity contribution >= 4 is 29.9 Å². The fourth-order valence-electron chi connectivity index (χ4n) is 1.80. The Morgan fingerprint density at radius 2 is 2.05 bits per heavy atom. The molecule has 0 fully saturated rings. The first kappa shape index (κ1) is 21.0. The number of benzene rings is 1. The van der Waals surface area contributed by atoms with Gasteiger partial charge in [-0.15, -0.1) is 24.0 Å². The first-order valence-corrected chi connectivity index (χ1v) is 7.13. The van der Waals surface area contributed by atoms with Crippen molar-refractivity contribution in [2.45, 2.75) is 19.8 Å². The molecule has 0 unspecified atom stereocenters. The van der Waals surface area contributed by atoms with Crippen LogP contribution in [0.1, 0.15) is 18.9 Å². The smallest absolute Gasteiger partial charge is 0.191 e. The Morgan fingerprint density at radius 3 is 2.73 bits per heavy atom. The fourth-order valence-corrected chi connectivity index (χ4v) is 1.80. The maximum Gasteiger partial charge on any atom is 0.191 e. The minimum atomic E-state index is -0.812. The van der Waals surface area contributed by atoms with E-state index in [-0.39, 0.29) is 24.0 Å². The molecular formula is C15H24F2IN3O. The van der Waals surface area contributed by atoms with Crippen molar-refractivity contribution in [2.75, 3.05) is 33.4 Å². The van der Waals surface area contributed by atoms with Crippen LogP contribution in [0.4, 0.5) is 8.78 Å². The van der Waals surface area contributed by atoms with Gasteiger partial charge in [0, 0.05) is 33.4 Å². The van der Waals surface area contributed by atoms with E-state index in [4.69, 9.17) is 4.74 Å². The van der Waals surface area contributed by atoms with Crippen molar-refractivity contribution in [3.63, 3.8) is 0 Å². The molecule has 0 saturated carbocycles. The predicted octanol–water partition coefficient (Wildman–Crippen LogP) is 2.72. The van der Waals surface area contributed by atoms with Gasteiger partial charge in [-0.25, -0.2) is 8.78 Å². The predicted molar refractivity (Wildman–Crippen MR) is 96.0 cm³/mol. The summed E-state index contributed by atoms with van der Waals surface area (Å²) in [5.74, 6) is -0.917. The van der Waals surface area contributed by atoms with E-state index in [1.165, 1.54) is 6.07 Å². The first-order chi connectivity index (χ1) is 10.2. The van der Waals surface area contributed by atoms with E-state index in [2.05, 4.69) is 15.6 Å². The van der Waals surface area contributed by atoms with Gasteiger partial charge in [0.15, 0.2) is 17.6 Å². The van der Waals surface area contributed by atoms with Crippen LogP contribution >= 0.6 is 24.0 Å². The van der Waals surface area contributed by atoms with E-state index >= 15 is 0 Å². The molecule has 0 atom stereocenters. The topological polar surface area (TPSA) is 45.7 Å². The van der Waals surface area contributed by atoms with Gasteiger partial charge in [0.2, 0.25) is 0 Å². The van der Waals surface area contributed by atoms with Crippen molar-refractivity contribution in [2.24, 2.45) is 4.99 Å². The van der Waals surface area contributed by atoms with Crippen LogP contribution in [0.25, 0.3) is 0 Å². The Balaban J connectivity index is 0.00000441. The van der Waals surface area contributed by atoms with Crippen LogP contribution in [0.15, 0.2) is 23.2 Å². The van der Waals surface area contributed by atoms with Crippen molar-refractivity contribution in [1.82, 2.24) is 10.6 Å². The number of ether oxygens (including phenoxy) is 1. The molecule has 0 heterocycles. The third-order valence-corrected chi connectivity index (χ3v) is 2.84. The average molecular weight is 427 g/mol. The molecule has 0 aliphatic heterocycles. The van der Waals surface area contributed by atoms with Gasteiger partial charge in [0.1, 0.15) is 0 Å². The second-order valence-corrected chi connectivity index (χ2v) is 4.50. The van der Waals surface area contributed by atoms with E-state index in [9.17, 15) is 8.78 Å². The molecule has 0 aliphatic carbocycles. The lowest BCUT2D eigenvalue weighted by Gasteiger charge is -2.11. The van der Waals surface area contributed by atoms with Gasteiger partial charge < -0.3 is 15.4 Å². The fraction of sp³-hybridized carbons (Fsp3) is 0.533. The number of hydrogen-bond acceptors (Lipinski definition) is 2. The summed E-state index contributed by atoms with van der Waals surface area (Å²) in [7, 11) is 1.65. The Morgan fingerprint density at radius 1 is 1.27 bits per heavy atom. The molecular weight excluding hydrogens is 403 g/mol. The zero-order valence-corrected chi connectivity index (χ0v) is 15.3. The molecule has 0 amide bonds. The second-order valence-electron chi connectivity index (χ2n) is 4.50. The molecule has 0 bridgehead atoms. The standard InChI is InChI=1S/C15H23F2N3O.HI/c1-3-18-15(19-9-5-11-21-2)20-10-8-12-6-4-7-13(16)14(12)17;/h4,6-7H,3,5,8-11H2,1-2H3,(H2,18,19,20);1H. The van der Waals surface area contributed by atoms with Crippen LogP contribution in [-0.2, 0) is 11.2 Å². The molecule has 0 aromatic heterocycles. The highest BCUT2D eigenvalue weighted by Crippen LogP contribution is 2.11. The molecule has 0 radical (unpaired) electrons. The number of nitrogens with one attached hydrogen (secondary N) is 2. The summed E-state index contributed by atoms with van der Waals surface area (Å²) in [6.45, 7) is 4.51. The third kappa shape index (κ3) is 7.88. The zero-order chi connectivity index (χ0) is 15.5. The van der Waals surface area contributed by atoms with E-state index in [0.717, 1.165) is 19.0 Å². The van der Waals surface area contributed by atoms with Crippen LogP contribution in [-0.4, -0.2) is 39.3 Å². The number of rotatable bonds is 8. The molecule has 1 aromatic rings. The largest absolute Gasteiger partial charge is 0.385 e. The van der Waals surface area contributed by atoms with Gasteiger partial charge in [-0.05, 0) is 31.4 Å². The maximum absolute atomic E-state index is 13.5. The lowest BCUT2D eigenvalue weighted by molar-refractivity contribution is 0.197. The van der Waals surface area contributed by atoms with Crippen molar-refractivity contribution < 1.29 is 13.5 Å². The molecule has 22 heavy (non-hydrogen) atoms. The zero-order valence-electron chi connectivity index (χ0n) is 13.0. The third-order valence-electron chi connectivity index (χ3n) is 2.84. The highest BCUT2D eigenvalue weighted by atomic mass is 127. The summed E-state index contributed by atoms with van der Waals surface area (Å²) in [5.41, 5.74) is 0.359. The minimum absolute atomic E-state index is 0. The highest BCUT2D eigenvalue weighted by molar-refractivity contribution is 14.0. The summed E-state index contributed by atoms with van der Waals surface area (Å²) in [6, 6.07) is 4.22. The van der Waals surface area contributed by atoms with Gasteiger partial charge in [-0.3, -0.25) is 4.99 Å². The summed E-state index contributed by atoms with van der Waals surface area (Å²) in [5, 5.41) is 6.20. The summed E-state index contributed by atoms with van der Waals surface area (Å²) in [6.07, 6.45) is 1.23. The summed E-state index contributed by atoms with van der Waals surface area (Å²) in [4.78, 5) is 4.37. The minimum Gasteiger partial charge on any atom is -0.385 e. The first-order valence-electron chi connectivity index (χ1n) is 7.13. The van der Waals surface area contributed by atoms with E-state index in [1.807, 2.05) is 6.92 Å². The van der Waals surface area contributed by atoms with Gasteiger partial charge in [-0.2, -0.15) is 0 Å². The van der Waals surface area contributed by atoms with E-state index in [1.54, 1.807) is 13.2 Å². The maximum atomic E-state index is 13.5. The monoisotopic (exact) mass is 427 g/mol. The van der Waals surface area contributed by atoms with E-state index < -0.39 is 11.6 Å². The van der Waals surface area contributed by atoms with Gasteiger partial charge in [0.25, 0.3) is 0 Å². The number of nitrogens with zero attached hydrogens (tertiary/aromatic N) is 1. The highest BCUT2D eigenvalue weighted by Gasteiger charge is 2.07. The lowest BCUT2D eigenvalue weighted by atomic mass is 10.1. The quantitative estimate of drug-likeness (QED) is 0.290. The normalized spacial score (nSPS) is 11.0. The summed E-state index contributed by atoms with van der Waals surface area (Å²) >= 11 is 0. The second kappa shape index (κ2) is 12.6. The number of aliphatic imine (C=N–C) groups is 1. The van der Waals surface area contributed by atoms with Gasteiger partial charge in [0.05, 0.1) is 0 Å². The van der Waals surface area contributed by atoms with Crippen LogP contribution in [0.5, 0.6) is 0 Å². The number of hydrogen-bond donors (Lipinski definition) is 2. The van der Waals surface area contributed by atoms with Gasteiger partial charge in [-0.1, -0.05) is 12.1 Å². The molecule has 126 valence electrons. The number of halogens is 3. The lowest BCUT2D eigenvalue weighted by Crippen LogP contribution is -2.38. The van der Waals surface area contributed by atoms with Crippen LogP contribution in [0, 0.1) is 11.6 Å². The Bertz CT molecular complexity index is 458. The average Bonchev–Trinajstić information content (AvgIpc) is 2.48. The van der Waals surface area contributed by atoms with Crippen LogP contribution in [0.2, 0.25) is 0 Å². The van der Waals surface area contributed by atoms with Crippen molar-refractivity contribution in [1.29, 1.82) is 0 Å². The molecule has 2 N–H and O–H groups in total. The Kier molecular flexibility index (Phi) is 12.0. The van der Waals surface area contributed by atoms with E-state index in [0.29, 0.717) is 37.6 Å². The number of guanidine groups is 1. The molecule has 1 aromatic carbocycles. The van der Waals surface area contributed by atoms with Crippen molar-refractivity contribution in [3.8, 4) is 0 Å². The van der Waals surface area contributed by atoms with Crippen molar-refractivity contribution in [3.05, 3.63) is 35.4 Å². The Labute approximate surface area is 147 Å². The SMILES string of the molecule is CCNC(=NCCCOC)NCCc1cccc(F)c1F.I.